The van der Waals surface area contributed by atoms with Gasteiger partial charge in [-0.25, -0.2) is 8.42 Å². The van der Waals surface area contributed by atoms with Gasteiger partial charge in [0.15, 0.2) is 11.5 Å². The van der Waals surface area contributed by atoms with E-state index in [0.717, 1.165) is 16.5 Å². The second kappa shape index (κ2) is 8.26. The standard InChI is InChI=1S/C22H16Cl2N2O4S/c1-13-6-7-21(17(23)8-13)31(28,29)26-15-10-18(24)22(20(27)11-15)30-16-9-14-4-2-3-5-19(14)25-12-16/h2-12,26-27H,1H3. The monoisotopic (exact) mass is 474 g/mol. The Morgan fingerprint density at radius 3 is 2.52 bits per heavy atom. The second-order valence-electron chi connectivity index (χ2n) is 6.81. The van der Waals surface area contributed by atoms with Crippen molar-refractivity contribution in [3.63, 3.8) is 0 Å². The lowest BCUT2D eigenvalue weighted by molar-refractivity contribution is 0.411. The van der Waals surface area contributed by atoms with E-state index in [1.54, 1.807) is 25.1 Å². The number of aryl methyl sites for hydroxylation is 1. The number of fused-ring (bicyclic) bond motifs is 1. The number of aromatic nitrogens is 1. The average molecular weight is 475 g/mol. The van der Waals surface area contributed by atoms with Crippen molar-refractivity contribution in [2.24, 2.45) is 0 Å². The van der Waals surface area contributed by atoms with E-state index in [-0.39, 0.29) is 32.1 Å². The maximum absolute atomic E-state index is 12.7. The molecule has 0 aliphatic carbocycles. The summed E-state index contributed by atoms with van der Waals surface area (Å²) >= 11 is 12.3. The first kappa shape index (κ1) is 21.2. The number of rotatable bonds is 5. The van der Waals surface area contributed by atoms with Gasteiger partial charge in [-0.2, -0.15) is 0 Å². The molecule has 3 aromatic carbocycles. The van der Waals surface area contributed by atoms with Gasteiger partial charge in [-0.3, -0.25) is 9.71 Å². The van der Waals surface area contributed by atoms with Crippen LogP contribution in [-0.4, -0.2) is 18.5 Å². The molecule has 0 aliphatic heterocycles. The third-order valence-corrected chi connectivity index (χ3v) is 6.58. The fourth-order valence-corrected chi connectivity index (χ4v) is 4.89. The summed E-state index contributed by atoms with van der Waals surface area (Å²) in [5.41, 5.74) is 1.68. The summed E-state index contributed by atoms with van der Waals surface area (Å²) in [4.78, 5) is 4.21. The zero-order valence-electron chi connectivity index (χ0n) is 16.1. The highest BCUT2D eigenvalue weighted by Crippen LogP contribution is 2.41. The van der Waals surface area contributed by atoms with E-state index in [9.17, 15) is 13.5 Å². The number of aromatic hydroxyl groups is 1. The summed E-state index contributed by atoms with van der Waals surface area (Å²) in [7, 11) is -3.99. The number of pyridine rings is 1. The van der Waals surface area contributed by atoms with Crippen molar-refractivity contribution in [1.82, 2.24) is 4.98 Å². The minimum absolute atomic E-state index is 0.0147. The zero-order valence-corrected chi connectivity index (χ0v) is 18.5. The van der Waals surface area contributed by atoms with Crippen LogP contribution in [0.3, 0.4) is 0 Å². The first-order valence-corrected chi connectivity index (χ1v) is 11.3. The van der Waals surface area contributed by atoms with Gasteiger partial charge in [0.25, 0.3) is 10.0 Å². The Bertz CT molecular complexity index is 1390. The third-order valence-electron chi connectivity index (χ3n) is 4.44. The molecule has 0 amide bonds. The summed E-state index contributed by atoms with van der Waals surface area (Å²) in [6, 6.07) is 16.4. The van der Waals surface area contributed by atoms with E-state index in [4.69, 9.17) is 27.9 Å². The molecule has 1 heterocycles. The van der Waals surface area contributed by atoms with Crippen LogP contribution in [0.25, 0.3) is 10.9 Å². The van der Waals surface area contributed by atoms with Gasteiger partial charge in [0.2, 0.25) is 0 Å². The predicted molar refractivity (Wildman–Crippen MR) is 122 cm³/mol. The van der Waals surface area contributed by atoms with Gasteiger partial charge in [-0.1, -0.05) is 47.5 Å². The van der Waals surface area contributed by atoms with Gasteiger partial charge in [0.1, 0.15) is 10.6 Å². The van der Waals surface area contributed by atoms with E-state index in [0.29, 0.717) is 5.75 Å². The molecule has 0 bridgehead atoms. The van der Waals surface area contributed by atoms with Crippen LogP contribution in [0.5, 0.6) is 17.2 Å². The summed E-state index contributed by atoms with van der Waals surface area (Å²) in [5, 5.41) is 11.4. The molecule has 1 aromatic heterocycles. The lowest BCUT2D eigenvalue weighted by Crippen LogP contribution is -2.13. The van der Waals surface area contributed by atoms with Crippen molar-refractivity contribution in [1.29, 1.82) is 0 Å². The van der Waals surface area contributed by atoms with Crippen LogP contribution in [0.15, 0.2) is 71.8 Å². The Balaban J connectivity index is 1.62. The van der Waals surface area contributed by atoms with E-state index in [2.05, 4.69) is 9.71 Å². The van der Waals surface area contributed by atoms with Crippen molar-refractivity contribution < 1.29 is 18.3 Å². The first-order valence-electron chi connectivity index (χ1n) is 9.07. The van der Waals surface area contributed by atoms with Crippen molar-refractivity contribution in [2.45, 2.75) is 11.8 Å². The molecule has 0 aliphatic rings. The fourth-order valence-electron chi connectivity index (χ4n) is 3.00. The number of phenolic OH excluding ortho intramolecular Hbond substituents is 1. The van der Waals surface area contributed by atoms with Crippen LogP contribution in [0.4, 0.5) is 5.69 Å². The first-order chi connectivity index (χ1) is 14.7. The molecule has 6 nitrogen and oxygen atoms in total. The molecule has 0 fully saturated rings. The lowest BCUT2D eigenvalue weighted by atomic mass is 10.2. The largest absolute Gasteiger partial charge is 0.504 e. The third kappa shape index (κ3) is 4.54. The minimum Gasteiger partial charge on any atom is -0.504 e. The molecule has 4 rings (SSSR count). The minimum atomic E-state index is -3.99. The molecule has 0 atom stereocenters. The highest BCUT2D eigenvalue weighted by atomic mass is 35.5. The summed E-state index contributed by atoms with van der Waals surface area (Å²) in [5.74, 6) is 0.0130. The number of hydrogen-bond acceptors (Lipinski definition) is 5. The summed E-state index contributed by atoms with van der Waals surface area (Å²) < 4.78 is 33.5. The molecule has 158 valence electrons. The molecular formula is C22H16Cl2N2O4S. The van der Waals surface area contributed by atoms with Crippen molar-refractivity contribution in [2.75, 3.05) is 4.72 Å². The number of phenols is 1. The highest BCUT2D eigenvalue weighted by Gasteiger charge is 2.20. The molecule has 9 heteroatoms. The van der Waals surface area contributed by atoms with Gasteiger partial charge in [0, 0.05) is 11.5 Å². The maximum atomic E-state index is 12.7. The topological polar surface area (TPSA) is 88.5 Å². The molecule has 0 unspecified atom stereocenters. The van der Waals surface area contributed by atoms with Crippen molar-refractivity contribution in [3.05, 3.63) is 82.5 Å². The molecule has 0 spiro atoms. The fraction of sp³-hybridized carbons (Fsp3) is 0.0455. The number of para-hydroxylation sites is 1. The van der Waals surface area contributed by atoms with Crippen LogP contribution in [0, 0.1) is 6.92 Å². The number of hydrogen-bond donors (Lipinski definition) is 2. The van der Waals surface area contributed by atoms with Gasteiger partial charge in [-0.05, 0) is 42.8 Å². The number of nitrogens with zero attached hydrogens (tertiary/aromatic N) is 1. The normalized spacial score (nSPS) is 11.5. The van der Waals surface area contributed by atoms with Gasteiger partial charge in [0.05, 0.1) is 27.4 Å². The predicted octanol–water partition coefficient (Wildman–Crippen LogP) is 6.15. The highest BCUT2D eigenvalue weighted by molar-refractivity contribution is 7.92. The van der Waals surface area contributed by atoms with Crippen LogP contribution < -0.4 is 9.46 Å². The number of halogens is 2. The second-order valence-corrected chi connectivity index (χ2v) is 9.28. The SMILES string of the molecule is Cc1ccc(S(=O)(=O)Nc2cc(O)c(Oc3cnc4ccccc4c3)c(Cl)c2)c(Cl)c1. The average Bonchev–Trinajstić information content (AvgIpc) is 2.70. The Labute approximate surface area is 189 Å². The lowest BCUT2D eigenvalue weighted by Gasteiger charge is -2.14. The van der Waals surface area contributed by atoms with Crippen LogP contribution in [0.1, 0.15) is 5.56 Å². The molecule has 0 radical (unpaired) electrons. The Morgan fingerprint density at radius 2 is 1.77 bits per heavy atom. The van der Waals surface area contributed by atoms with Gasteiger partial charge in [-0.15, -0.1) is 0 Å². The van der Waals surface area contributed by atoms with Crippen molar-refractivity contribution in [3.8, 4) is 17.2 Å². The van der Waals surface area contributed by atoms with Gasteiger partial charge < -0.3 is 9.84 Å². The smallest absolute Gasteiger partial charge is 0.263 e. The maximum Gasteiger partial charge on any atom is 0.263 e. The number of benzene rings is 3. The number of sulfonamides is 1. The Hall–Kier alpha value is -3.00. The van der Waals surface area contributed by atoms with Gasteiger partial charge >= 0.3 is 0 Å². The molecule has 4 aromatic rings. The van der Waals surface area contributed by atoms with E-state index in [1.807, 2.05) is 24.3 Å². The number of nitrogens with one attached hydrogen (secondary N) is 1. The number of ether oxygens (including phenoxy) is 1. The molecule has 0 saturated heterocycles. The van der Waals surface area contributed by atoms with Crippen LogP contribution in [-0.2, 0) is 10.0 Å². The van der Waals surface area contributed by atoms with Crippen molar-refractivity contribution >= 4 is 49.8 Å². The van der Waals surface area contributed by atoms with E-state index >= 15 is 0 Å². The quantitative estimate of drug-likeness (QED) is 0.362. The Morgan fingerprint density at radius 1 is 1.00 bits per heavy atom. The molecular weight excluding hydrogens is 459 g/mol. The zero-order chi connectivity index (χ0) is 22.2. The van der Waals surface area contributed by atoms with Crippen LogP contribution in [0.2, 0.25) is 10.0 Å². The van der Waals surface area contributed by atoms with Crippen LogP contribution >= 0.6 is 23.2 Å². The Kier molecular flexibility index (Phi) is 5.66. The summed E-state index contributed by atoms with van der Waals surface area (Å²) in [6.07, 6.45) is 1.51. The summed E-state index contributed by atoms with van der Waals surface area (Å²) in [6.45, 7) is 1.80. The van der Waals surface area contributed by atoms with E-state index < -0.39 is 10.0 Å². The van der Waals surface area contributed by atoms with E-state index in [1.165, 1.54) is 24.4 Å². The molecule has 2 N–H and O–H groups in total. The molecule has 0 saturated carbocycles. The molecule has 31 heavy (non-hydrogen) atoms. The number of anilines is 1.